The molecule has 1 aliphatic carbocycles. The number of carbonyl (C=O) groups excluding carboxylic acids is 3. The Kier molecular flexibility index (Phi) is 7.51. The number of aliphatic imine (C=N–C) groups is 1. The number of imide groups is 1. The topological polar surface area (TPSA) is 128 Å². The van der Waals surface area contributed by atoms with Gasteiger partial charge in [-0.1, -0.05) is 37.2 Å². The summed E-state index contributed by atoms with van der Waals surface area (Å²) in [7, 11) is 0. The summed E-state index contributed by atoms with van der Waals surface area (Å²) in [6, 6.07) is 10.4. The number of aromatic amines is 1. The second kappa shape index (κ2) is 11.0. The smallest absolute Gasteiger partial charge is 0.261 e. The molecule has 2 aliphatic heterocycles. The number of nitrogens with zero attached hydrogens (tertiary/aromatic N) is 3. The van der Waals surface area contributed by atoms with E-state index in [9.17, 15) is 19.5 Å². The number of nitrogens with one attached hydrogen (secondary N) is 2. The number of imidazole rings is 1. The molecule has 204 valence electrons. The van der Waals surface area contributed by atoms with E-state index in [-0.39, 0.29) is 44.5 Å². The zero-order valence-electron chi connectivity index (χ0n) is 20.8. The second-order valence-corrected chi connectivity index (χ2v) is 10.1. The zero-order chi connectivity index (χ0) is 27.1. The van der Waals surface area contributed by atoms with Gasteiger partial charge < -0.3 is 15.4 Å². The van der Waals surface area contributed by atoms with E-state index in [0.29, 0.717) is 57.2 Å². The van der Waals surface area contributed by atoms with Crippen LogP contribution in [0.15, 0.2) is 77.3 Å². The van der Waals surface area contributed by atoms with Crippen molar-refractivity contribution in [1.82, 2.24) is 14.9 Å². The van der Waals surface area contributed by atoms with Crippen LogP contribution in [0, 0.1) is 0 Å². The number of H-pyrrole nitrogens is 1. The van der Waals surface area contributed by atoms with Crippen LogP contribution >= 0.6 is 11.6 Å². The molecule has 0 saturated carbocycles. The lowest BCUT2D eigenvalue weighted by atomic mass is 9.93. The molecule has 0 radical (unpaired) electrons. The Balaban J connectivity index is 0.00000323. The quantitative estimate of drug-likeness (QED) is 0.303. The molecule has 2 aromatic carbocycles. The number of fused-ring (bicyclic) bond motifs is 2. The molecule has 0 spiro atoms. The van der Waals surface area contributed by atoms with Crippen molar-refractivity contribution >= 4 is 40.6 Å². The molecule has 9 nitrogen and oxygen atoms in total. The molecular weight excluding hydrogens is 530 g/mol. The molecule has 40 heavy (non-hydrogen) atoms. The molecule has 0 unspecified atom stereocenters. The Morgan fingerprint density at radius 1 is 1.12 bits per heavy atom. The van der Waals surface area contributed by atoms with Crippen LogP contribution in [0.25, 0.3) is 0 Å². The van der Waals surface area contributed by atoms with Gasteiger partial charge in [0.25, 0.3) is 11.8 Å². The predicted octanol–water partition coefficient (Wildman–Crippen LogP) is 4.46. The van der Waals surface area contributed by atoms with Crippen molar-refractivity contribution in [3.8, 4) is 0 Å². The molecule has 1 atom stereocenters. The lowest BCUT2D eigenvalue weighted by molar-refractivity contribution is -0.114. The van der Waals surface area contributed by atoms with Gasteiger partial charge in [-0.2, -0.15) is 0 Å². The van der Waals surface area contributed by atoms with Gasteiger partial charge in [0.2, 0.25) is 0 Å². The molecule has 10 heteroatoms. The Bertz CT molecular complexity index is 1560. The van der Waals surface area contributed by atoms with Gasteiger partial charge in [-0.15, -0.1) is 0 Å². The molecule has 0 bridgehead atoms. The normalized spacial score (nSPS) is 19.5. The number of allylic oxidation sites excluding steroid dienone is 4. The van der Waals surface area contributed by atoms with Gasteiger partial charge in [-0.3, -0.25) is 24.3 Å². The molecule has 6 rings (SSSR count). The molecule has 3 aliphatic rings. The number of hydrogen-bond donors (Lipinski definition) is 3. The summed E-state index contributed by atoms with van der Waals surface area (Å²) in [4.78, 5) is 51.9. The SMILES string of the molecule is C.O=C1CC=CC(=NC[C@@H](O)c2cccc(Cl)c2)C1=C1Cc2cc3c(cc2N1)C(=O)N(CCc1cnc[nH]1)C3=O. The summed E-state index contributed by atoms with van der Waals surface area (Å²) >= 11 is 6.04. The molecule has 1 aromatic heterocycles. The number of rotatable bonds is 6. The van der Waals surface area contributed by atoms with E-state index in [1.54, 1.807) is 61.1 Å². The molecule has 3 heterocycles. The maximum absolute atomic E-state index is 13.1. The summed E-state index contributed by atoms with van der Waals surface area (Å²) in [6.07, 6.45) is 7.01. The van der Waals surface area contributed by atoms with E-state index in [2.05, 4.69) is 20.3 Å². The van der Waals surface area contributed by atoms with Gasteiger partial charge in [0.15, 0.2) is 5.78 Å². The molecule has 3 aromatic rings. The number of aliphatic hydroxyl groups excluding tert-OH is 1. The molecule has 0 fully saturated rings. The van der Waals surface area contributed by atoms with Crippen molar-refractivity contribution in [2.75, 3.05) is 18.4 Å². The molecule has 2 amide bonds. The maximum atomic E-state index is 13.1. The zero-order valence-corrected chi connectivity index (χ0v) is 21.5. The van der Waals surface area contributed by atoms with E-state index in [4.69, 9.17) is 11.6 Å². The number of Topliss-reactive ketones (excluding diaryl/α,β-unsaturated/α-hetero) is 1. The minimum Gasteiger partial charge on any atom is -0.386 e. The Morgan fingerprint density at radius 3 is 2.67 bits per heavy atom. The first kappa shape index (κ1) is 27.2. The Labute approximate surface area is 236 Å². The van der Waals surface area contributed by atoms with Gasteiger partial charge in [-0.05, 0) is 41.5 Å². The number of aliphatic hydroxyl groups is 1. The van der Waals surface area contributed by atoms with Crippen LogP contribution in [0.1, 0.15) is 57.5 Å². The third kappa shape index (κ3) is 5.01. The first-order chi connectivity index (χ1) is 18.9. The lowest BCUT2D eigenvalue weighted by Gasteiger charge is -2.16. The van der Waals surface area contributed by atoms with E-state index in [0.717, 1.165) is 11.3 Å². The van der Waals surface area contributed by atoms with Gasteiger partial charge in [0, 0.05) is 54.1 Å². The fourth-order valence-corrected chi connectivity index (χ4v) is 5.31. The van der Waals surface area contributed by atoms with Crippen LogP contribution < -0.4 is 5.32 Å². The average molecular weight is 558 g/mol. The van der Waals surface area contributed by atoms with Crippen molar-refractivity contribution in [3.05, 3.63) is 105 Å². The summed E-state index contributed by atoms with van der Waals surface area (Å²) in [5, 5.41) is 14.4. The fourth-order valence-electron chi connectivity index (χ4n) is 5.11. The minimum absolute atomic E-state index is 0. The van der Waals surface area contributed by atoms with Crippen LogP contribution in [-0.2, 0) is 17.6 Å². The van der Waals surface area contributed by atoms with E-state index in [1.807, 2.05) is 0 Å². The predicted molar refractivity (Wildman–Crippen MR) is 153 cm³/mol. The molecular formula is C30H28ClN5O4. The minimum atomic E-state index is -0.877. The van der Waals surface area contributed by atoms with E-state index < -0.39 is 6.10 Å². The van der Waals surface area contributed by atoms with Gasteiger partial charge in [0.05, 0.1) is 41.4 Å². The number of amides is 2. The standard InChI is InChI=1S/C29H24ClN5O4.CH4/c30-18-4-1-3-16(9-18)26(37)14-32-22-5-2-6-25(36)27(22)24-11-17-10-20-21(12-23(17)34-24)29(39)35(28(20)38)8-7-19-13-31-15-33-19;/h1-5,9-10,12-13,15,26,34,37H,6-8,11,14H2,(H,31,33);1H4/t26-;/m1./s1. The number of benzene rings is 2. The molecule has 3 N–H and O–H groups in total. The first-order valence-corrected chi connectivity index (χ1v) is 13.0. The van der Waals surface area contributed by atoms with Crippen LogP contribution in [-0.4, -0.2) is 56.4 Å². The van der Waals surface area contributed by atoms with Crippen molar-refractivity contribution < 1.29 is 19.5 Å². The third-order valence-electron chi connectivity index (χ3n) is 7.09. The van der Waals surface area contributed by atoms with Crippen molar-refractivity contribution in [1.29, 1.82) is 0 Å². The van der Waals surface area contributed by atoms with Crippen LogP contribution in [0.2, 0.25) is 5.02 Å². The van der Waals surface area contributed by atoms with Gasteiger partial charge >= 0.3 is 0 Å². The fraction of sp³-hybridized carbons (Fsp3) is 0.233. The Morgan fingerprint density at radius 2 is 1.93 bits per heavy atom. The van der Waals surface area contributed by atoms with E-state index in [1.165, 1.54) is 4.90 Å². The first-order valence-electron chi connectivity index (χ1n) is 12.6. The number of anilines is 1. The summed E-state index contributed by atoms with van der Waals surface area (Å²) in [5.74, 6) is -0.755. The van der Waals surface area contributed by atoms with Crippen LogP contribution in [0.3, 0.4) is 0 Å². The molecule has 0 saturated heterocycles. The highest BCUT2D eigenvalue weighted by molar-refractivity contribution is 6.30. The van der Waals surface area contributed by atoms with Gasteiger partial charge in [0.1, 0.15) is 0 Å². The monoisotopic (exact) mass is 557 g/mol. The van der Waals surface area contributed by atoms with Gasteiger partial charge in [-0.25, -0.2) is 4.98 Å². The highest BCUT2D eigenvalue weighted by Gasteiger charge is 2.37. The lowest BCUT2D eigenvalue weighted by Crippen LogP contribution is -2.31. The largest absolute Gasteiger partial charge is 0.386 e. The van der Waals surface area contributed by atoms with Crippen molar-refractivity contribution in [3.63, 3.8) is 0 Å². The van der Waals surface area contributed by atoms with Crippen LogP contribution in [0.4, 0.5) is 5.69 Å². The summed E-state index contributed by atoms with van der Waals surface area (Å²) < 4.78 is 0. The number of ketones is 1. The highest BCUT2D eigenvalue weighted by atomic mass is 35.5. The summed E-state index contributed by atoms with van der Waals surface area (Å²) in [6.45, 7) is 0.312. The maximum Gasteiger partial charge on any atom is 0.261 e. The average Bonchev–Trinajstić information content (AvgIpc) is 3.64. The number of hydrogen-bond acceptors (Lipinski definition) is 7. The van der Waals surface area contributed by atoms with Crippen molar-refractivity contribution in [2.24, 2.45) is 4.99 Å². The second-order valence-electron chi connectivity index (χ2n) is 9.63. The number of halogens is 1. The number of aromatic nitrogens is 2. The van der Waals surface area contributed by atoms with Crippen molar-refractivity contribution in [2.45, 2.75) is 32.8 Å². The summed E-state index contributed by atoms with van der Waals surface area (Å²) in [5.41, 5.74) is 5.30. The highest BCUT2D eigenvalue weighted by Crippen LogP contribution is 2.36. The van der Waals surface area contributed by atoms with Crippen LogP contribution in [0.5, 0.6) is 0 Å². The number of carbonyl (C=O) groups is 3. The van der Waals surface area contributed by atoms with E-state index >= 15 is 0 Å². The third-order valence-corrected chi connectivity index (χ3v) is 7.33. The Hall–Kier alpha value is -4.34.